The molecule has 1 aliphatic rings. The van der Waals surface area contributed by atoms with Gasteiger partial charge in [-0.3, -0.25) is 0 Å². The van der Waals surface area contributed by atoms with Gasteiger partial charge < -0.3 is 9.64 Å². The molecule has 0 radical (unpaired) electrons. The number of nitrogens with zero attached hydrogens (tertiary/aromatic N) is 3. The van der Waals surface area contributed by atoms with E-state index in [0.29, 0.717) is 36.7 Å². The molecule has 1 saturated heterocycles. The first-order valence-electron chi connectivity index (χ1n) is 6.50. The quantitative estimate of drug-likeness (QED) is 0.801. The van der Waals surface area contributed by atoms with Gasteiger partial charge in [0, 0.05) is 11.6 Å². The summed E-state index contributed by atoms with van der Waals surface area (Å²) in [5, 5.41) is 0.761. The molecule has 20 heavy (non-hydrogen) atoms. The maximum absolute atomic E-state index is 12.8. The second-order valence-corrected chi connectivity index (χ2v) is 4.66. The topological polar surface area (TPSA) is 55.3 Å². The van der Waals surface area contributed by atoms with E-state index in [2.05, 4.69) is 9.97 Å². The zero-order valence-electron chi connectivity index (χ0n) is 11.0. The monoisotopic (exact) mass is 275 g/mol. The van der Waals surface area contributed by atoms with Gasteiger partial charge in [-0.2, -0.15) is 0 Å². The Morgan fingerprint density at radius 2 is 2.30 bits per heavy atom. The van der Waals surface area contributed by atoms with E-state index in [9.17, 15) is 9.18 Å². The summed E-state index contributed by atoms with van der Waals surface area (Å²) in [6.45, 7) is 2.83. The second kappa shape index (κ2) is 5.03. The Morgan fingerprint density at radius 1 is 1.50 bits per heavy atom. The molecular weight excluding hydrogens is 261 g/mol. The van der Waals surface area contributed by atoms with Crippen LogP contribution >= 0.6 is 0 Å². The molecule has 0 saturated carbocycles. The van der Waals surface area contributed by atoms with Crippen molar-refractivity contribution in [2.45, 2.75) is 13.1 Å². The van der Waals surface area contributed by atoms with Gasteiger partial charge in [0.25, 0.3) is 0 Å². The van der Waals surface area contributed by atoms with Gasteiger partial charge in [0.15, 0.2) is 5.65 Å². The number of anilines is 1. The van der Waals surface area contributed by atoms with E-state index in [-0.39, 0.29) is 0 Å². The van der Waals surface area contributed by atoms with Crippen molar-refractivity contribution >= 4 is 22.8 Å². The van der Waals surface area contributed by atoms with E-state index in [4.69, 9.17) is 4.74 Å². The average Bonchev–Trinajstić information content (AvgIpc) is 2.43. The summed E-state index contributed by atoms with van der Waals surface area (Å²) in [4.78, 5) is 22.0. The normalized spacial score (nSPS) is 15.2. The Labute approximate surface area is 115 Å². The van der Waals surface area contributed by atoms with Gasteiger partial charge in [-0.25, -0.2) is 19.2 Å². The lowest BCUT2D eigenvalue weighted by Crippen LogP contribution is -2.48. The molecule has 0 spiro atoms. The predicted octanol–water partition coefficient (Wildman–Crippen LogP) is 1.96. The van der Waals surface area contributed by atoms with Crippen molar-refractivity contribution in [2.24, 2.45) is 0 Å². The molecule has 0 unspecified atom stereocenters. The lowest BCUT2D eigenvalue weighted by molar-refractivity contribution is 0.0526. The minimum Gasteiger partial charge on any atom is -0.462 e. The van der Waals surface area contributed by atoms with Crippen LogP contribution in [0, 0.1) is 0 Å². The Morgan fingerprint density at radius 3 is 3.00 bits per heavy atom. The molecule has 3 heterocycles. The molecule has 1 aliphatic heterocycles. The first-order chi connectivity index (χ1) is 9.67. The van der Waals surface area contributed by atoms with Crippen LogP contribution in [0.25, 0.3) is 11.0 Å². The predicted molar refractivity (Wildman–Crippen MR) is 72.6 cm³/mol. The summed E-state index contributed by atoms with van der Waals surface area (Å²) in [5.74, 6) is 0.316. The summed E-state index contributed by atoms with van der Waals surface area (Å²) >= 11 is 0. The SMILES string of the molecule is CCOC(=O)c1cnc2nc(N3CC(F)C3)ccc2c1. The summed E-state index contributed by atoms with van der Waals surface area (Å²) < 4.78 is 17.8. The minimum absolute atomic E-state index is 0.327. The second-order valence-electron chi connectivity index (χ2n) is 4.66. The van der Waals surface area contributed by atoms with Gasteiger partial charge in [-0.15, -0.1) is 0 Å². The fourth-order valence-electron chi connectivity index (χ4n) is 2.11. The lowest BCUT2D eigenvalue weighted by atomic mass is 10.1. The van der Waals surface area contributed by atoms with Gasteiger partial charge in [0.05, 0.1) is 25.3 Å². The third kappa shape index (κ3) is 2.29. The van der Waals surface area contributed by atoms with Crippen LogP contribution in [-0.4, -0.2) is 41.8 Å². The molecule has 0 atom stereocenters. The highest BCUT2D eigenvalue weighted by atomic mass is 19.1. The Bertz CT molecular complexity index is 656. The highest BCUT2D eigenvalue weighted by Gasteiger charge is 2.27. The van der Waals surface area contributed by atoms with Crippen molar-refractivity contribution in [2.75, 3.05) is 24.6 Å². The van der Waals surface area contributed by atoms with E-state index in [0.717, 1.165) is 5.39 Å². The van der Waals surface area contributed by atoms with Crippen LogP contribution < -0.4 is 4.90 Å². The number of halogens is 1. The van der Waals surface area contributed by atoms with Crippen LogP contribution in [0.1, 0.15) is 17.3 Å². The third-order valence-corrected chi connectivity index (χ3v) is 3.20. The van der Waals surface area contributed by atoms with Crippen molar-refractivity contribution in [1.29, 1.82) is 0 Å². The molecule has 2 aromatic heterocycles. The van der Waals surface area contributed by atoms with Crippen LogP contribution in [0.4, 0.5) is 10.2 Å². The third-order valence-electron chi connectivity index (χ3n) is 3.20. The molecule has 0 amide bonds. The number of rotatable bonds is 3. The average molecular weight is 275 g/mol. The highest BCUT2D eigenvalue weighted by Crippen LogP contribution is 2.23. The summed E-state index contributed by atoms with van der Waals surface area (Å²) in [6, 6.07) is 5.34. The van der Waals surface area contributed by atoms with Gasteiger partial charge >= 0.3 is 5.97 Å². The van der Waals surface area contributed by atoms with E-state index < -0.39 is 12.1 Å². The molecule has 0 bridgehead atoms. The summed E-state index contributed by atoms with van der Waals surface area (Å²) in [5.41, 5.74) is 0.944. The van der Waals surface area contributed by atoms with Crippen LogP contribution in [0.5, 0.6) is 0 Å². The van der Waals surface area contributed by atoms with Crippen molar-refractivity contribution in [3.8, 4) is 0 Å². The maximum Gasteiger partial charge on any atom is 0.339 e. The van der Waals surface area contributed by atoms with Crippen molar-refractivity contribution < 1.29 is 13.9 Å². The maximum atomic E-state index is 12.8. The number of esters is 1. The summed E-state index contributed by atoms with van der Waals surface area (Å²) in [7, 11) is 0. The number of carbonyl (C=O) groups is 1. The van der Waals surface area contributed by atoms with Gasteiger partial charge in [-0.1, -0.05) is 0 Å². The standard InChI is InChI=1S/C14H14FN3O2/c1-2-20-14(19)10-5-9-3-4-12(17-13(9)16-6-10)18-7-11(15)8-18/h3-6,11H,2,7-8H2,1H3. The van der Waals surface area contributed by atoms with E-state index in [1.165, 1.54) is 6.20 Å². The van der Waals surface area contributed by atoms with Crippen LogP contribution in [0.3, 0.4) is 0 Å². The highest BCUT2D eigenvalue weighted by molar-refractivity contribution is 5.93. The lowest BCUT2D eigenvalue weighted by Gasteiger charge is -2.35. The number of hydrogen-bond acceptors (Lipinski definition) is 5. The van der Waals surface area contributed by atoms with Crippen LogP contribution in [-0.2, 0) is 4.74 Å². The van der Waals surface area contributed by atoms with E-state index in [1.54, 1.807) is 13.0 Å². The van der Waals surface area contributed by atoms with Crippen molar-refractivity contribution in [3.63, 3.8) is 0 Å². The summed E-state index contributed by atoms with van der Waals surface area (Å²) in [6.07, 6.45) is 0.678. The van der Waals surface area contributed by atoms with Gasteiger partial charge in [-0.05, 0) is 25.1 Å². The molecule has 1 fully saturated rings. The molecule has 3 rings (SSSR count). The molecule has 0 aliphatic carbocycles. The first-order valence-corrected chi connectivity index (χ1v) is 6.50. The van der Waals surface area contributed by atoms with E-state index >= 15 is 0 Å². The number of aromatic nitrogens is 2. The molecule has 0 N–H and O–H groups in total. The molecule has 104 valence electrons. The van der Waals surface area contributed by atoms with E-state index in [1.807, 2.05) is 17.0 Å². The van der Waals surface area contributed by atoms with Crippen molar-refractivity contribution in [1.82, 2.24) is 9.97 Å². The minimum atomic E-state index is -0.772. The molecule has 5 nitrogen and oxygen atoms in total. The first kappa shape index (κ1) is 12.8. The zero-order valence-corrected chi connectivity index (χ0v) is 11.0. The fourth-order valence-corrected chi connectivity index (χ4v) is 2.11. The van der Waals surface area contributed by atoms with Gasteiger partial charge in [0.1, 0.15) is 12.0 Å². The molecule has 6 heteroatoms. The Kier molecular flexibility index (Phi) is 3.22. The van der Waals surface area contributed by atoms with Gasteiger partial charge in [0.2, 0.25) is 0 Å². The van der Waals surface area contributed by atoms with Crippen molar-refractivity contribution in [3.05, 3.63) is 30.0 Å². The number of alkyl halides is 1. The number of pyridine rings is 2. The Hall–Kier alpha value is -2.24. The fraction of sp³-hybridized carbons (Fsp3) is 0.357. The largest absolute Gasteiger partial charge is 0.462 e. The number of hydrogen-bond donors (Lipinski definition) is 0. The van der Waals surface area contributed by atoms with Crippen LogP contribution in [0.15, 0.2) is 24.4 Å². The molecule has 0 aromatic carbocycles. The Balaban J connectivity index is 1.89. The molecular formula is C14H14FN3O2. The number of ether oxygens (including phenoxy) is 1. The smallest absolute Gasteiger partial charge is 0.339 e. The number of carbonyl (C=O) groups excluding carboxylic acids is 1. The zero-order chi connectivity index (χ0) is 14.1. The van der Waals surface area contributed by atoms with Crippen LogP contribution in [0.2, 0.25) is 0 Å². The molecule has 2 aromatic rings. The number of fused-ring (bicyclic) bond motifs is 1.